The van der Waals surface area contributed by atoms with Crippen LogP contribution in [0.3, 0.4) is 0 Å². The molecule has 1 aromatic carbocycles. The van der Waals surface area contributed by atoms with Crippen molar-refractivity contribution in [1.29, 1.82) is 5.26 Å². The van der Waals surface area contributed by atoms with Gasteiger partial charge in [-0.3, -0.25) is 9.69 Å². The molecule has 1 aliphatic carbocycles. The van der Waals surface area contributed by atoms with Crippen LogP contribution in [0.2, 0.25) is 10.0 Å². The number of ether oxygens (including phenoxy) is 1. The van der Waals surface area contributed by atoms with E-state index in [-0.39, 0.29) is 33.9 Å². The van der Waals surface area contributed by atoms with Crippen molar-refractivity contribution in [2.75, 3.05) is 6.54 Å². The molecule has 0 bridgehead atoms. The van der Waals surface area contributed by atoms with Crippen molar-refractivity contribution in [1.82, 2.24) is 9.80 Å². The number of halogens is 2. The van der Waals surface area contributed by atoms with Crippen molar-refractivity contribution in [3.8, 4) is 6.19 Å². The second kappa shape index (κ2) is 8.49. The second-order valence-electron chi connectivity index (χ2n) is 8.64. The molecule has 2 atom stereocenters. The Labute approximate surface area is 191 Å². The van der Waals surface area contributed by atoms with E-state index < -0.39 is 38.7 Å². The fraction of sp³-hybridized carbons (Fsp3) is 0.550. The molecule has 2 aliphatic rings. The molecule has 0 unspecified atom stereocenters. The van der Waals surface area contributed by atoms with E-state index in [2.05, 4.69) is 0 Å². The van der Waals surface area contributed by atoms with Gasteiger partial charge in [-0.25, -0.2) is 18.1 Å². The number of sulfone groups is 1. The standard InChI is InChI=1S/C20H23Cl2N3O5S/c1-20(2,3)30-19(27)24-10-13(9-15(24)18(26)25(11-23)12-7-8-12)31(28,29)16-6-4-5-14(21)17(16)22/h4-6,12-13,15H,7-10H2,1-3H3/t13-,15+/m1/s1. The lowest BCUT2D eigenvalue weighted by molar-refractivity contribution is -0.133. The molecule has 0 radical (unpaired) electrons. The van der Waals surface area contributed by atoms with Crippen molar-refractivity contribution >= 4 is 45.0 Å². The first kappa shape index (κ1) is 23.6. The Hall–Kier alpha value is -2.02. The largest absolute Gasteiger partial charge is 0.444 e. The summed E-state index contributed by atoms with van der Waals surface area (Å²) in [5.74, 6) is -0.606. The van der Waals surface area contributed by atoms with Crippen LogP contribution in [0, 0.1) is 11.5 Å². The number of hydrogen-bond donors (Lipinski definition) is 0. The molecule has 1 saturated heterocycles. The average molecular weight is 488 g/mol. The molecule has 3 rings (SSSR count). The van der Waals surface area contributed by atoms with Crippen LogP contribution in [0.5, 0.6) is 0 Å². The third-order valence-corrected chi connectivity index (χ3v) is 8.20. The number of carbonyl (C=O) groups is 2. The predicted molar refractivity (Wildman–Crippen MR) is 114 cm³/mol. The highest BCUT2D eigenvalue weighted by Gasteiger charge is 2.49. The van der Waals surface area contributed by atoms with Crippen LogP contribution >= 0.6 is 23.2 Å². The summed E-state index contributed by atoms with van der Waals surface area (Å²) in [7, 11) is -4.02. The lowest BCUT2D eigenvalue weighted by atomic mass is 10.2. The Morgan fingerprint density at radius 3 is 2.45 bits per heavy atom. The molecule has 2 fully saturated rings. The van der Waals surface area contributed by atoms with Crippen molar-refractivity contribution in [3.05, 3.63) is 28.2 Å². The summed E-state index contributed by atoms with van der Waals surface area (Å²) in [6, 6.07) is 2.93. The average Bonchev–Trinajstić information content (AvgIpc) is 3.38. The first-order valence-corrected chi connectivity index (χ1v) is 12.1. The number of carbonyl (C=O) groups excluding carboxylic acids is 2. The van der Waals surface area contributed by atoms with E-state index in [0.717, 1.165) is 9.80 Å². The molecule has 8 nitrogen and oxygen atoms in total. The Bertz CT molecular complexity index is 1040. The topological polar surface area (TPSA) is 108 Å². The number of nitrogens with zero attached hydrogens (tertiary/aromatic N) is 3. The van der Waals surface area contributed by atoms with Gasteiger partial charge in [-0.2, -0.15) is 5.26 Å². The maximum atomic E-state index is 13.3. The number of likely N-dealkylation sites (tertiary alicyclic amines) is 1. The highest BCUT2D eigenvalue weighted by atomic mass is 35.5. The van der Waals surface area contributed by atoms with Gasteiger partial charge >= 0.3 is 6.09 Å². The highest BCUT2D eigenvalue weighted by Crippen LogP contribution is 2.37. The first-order valence-electron chi connectivity index (χ1n) is 9.77. The minimum absolute atomic E-state index is 0.0850. The molecule has 2 amide bonds. The molecule has 0 aromatic heterocycles. The quantitative estimate of drug-likeness (QED) is 0.473. The predicted octanol–water partition coefficient (Wildman–Crippen LogP) is 3.62. The molecule has 1 saturated carbocycles. The molecule has 0 N–H and O–H groups in total. The van der Waals surface area contributed by atoms with E-state index in [1.54, 1.807) is 20.8 Å². The van der Waals surface area contributed by atoms with Gasteiger partial charge in [0.25, 0.3) is 5.91 Å². The minimum Gasteiger partial charge on any atom is -0.444 e. The Morgan fingerprint density at radius 1 is 1.26 bits per heavy atom. The van der Waals surface area contributed by atoms with Gasteiger partial charge in [-0.15, -0.1) is 0 Å². The monoisotopic (exact) mass is 487 g/mol. The molecule has 1 heterocycles. The van der Waals surface area contributed by atoms with Crippen molar-refractivity contribution in [2.24, 2.45) is 0 Å². The number of amides is 2. The fourth-order valence-electron chi connectivity index (χ4n) is 3.47. The van der Waals surface area contributed by atoms with Gasteiger partial charge in [0.15, 0.2) is 16.0 Å². The Kier molecular flexibility index (Phi) is 6.47. The SMILES string of the molecule is CC(C)(C)OC(=O)N1C[C@H](S(=O)(=O)c2cccc(Cl)c2Cl)C[C@H]1C(=O)N(C#N)C1CC1. The molecule has 11 heteroatoms. The molecule has 1 aliphatic heterocycles. The summed E-state index contributed by atoms with van der Waals surface area (Å²) in [6.45, 7) is 4.75. The molecule has 1 aromatic rings. The summed E-state index contributed by atoms with van der Waals surface area (Å²) >= 11 is 12.1. The van der Waals surface area contributed by atoms with Crippen molar-refractivity contribution in [3.63, 3.8) is 0 Å². The van der Waals surface area contributed by atoms with Crippen LogP contribution in [-0.2, 0) is 19.4 Å². The summed E-state index contributed by atoms with van der Waals surface area (Å²) in [5, 5.41) is 8.29. The first-order chi connectivity index (χ1) is 14.4. The highest BCUT2D eigenvalue weighted by molar-refractivity contribution is 7.92. The van der Waals surface area contributed by atoms with Crippen LogP contribution in [0.4, 0.5) is 4.79 Å². The summed E-state index contributed by atoms with van der Waals surface area (Å²) < 4.78 is 32.0. The zero-order chi connectivity index (χ0) is 23.1. The molecule has 0 spiro atoms. The van der Waals surface area contributed by atoms with Gasteiger partial charge in [0.2, 0.25) is 0 Å². The summed E-state index contributed by atoms with van der Waals surface area (Å²) in [4.78, 5) is 27.9. The van der Waals surface area contributed by atoms with E-state index in [9.17, 15) is 23.3 Å². The number of nitriles is 1. The number of rotatable bonds is 4. The third-order valence-electron chi connectivity index (χ3n) is 5.09. The van der Waals surface area contributed by atoms with Crippen LogP contribution in [0.1, 0.15) is 40.0 Å². The smallest absolute Gasteiger partial charge is 0.411 e. The van der Waals surface area contributed by atoms with Gasteiger partial charge in [0.1, 0.15) is 11.6 Å². The Balaban J connectivity index is 1.95. The van der Waals surface area contributed by atoms with Crippen molar-refractivity contribution in [2.45, 2.75) is 67.9 Å². The van der Waals surface area contributed by atoms with Gasteiger partial charge in [-0.05, 0) is 52.2 Å². The van der Waals surface area contributed by atoms with E-state index in [1.807, 2.05) is 6.19 Å². The molecular weight excluding hydrogens is 465 g/mol. The molecule has 168 valence electrons. The number of hydrogen-bond acceptors (Lipinski definition) is 6. The van der Waals surface area contributed by atoms with Crippen LogP contribution in [0.15, 0.2) is 23.1 Å². The Morgan fingerprint density at radius 2 is 1.90 bits per heavy atom. The molecular formula is C20H23Cl2N3O5S. The van der Waals surface area contributed by atoms with Crippen LogP contribution in [-0.4, -0.2) is 59.7 Å². The van der Waals surface area contributed by atoms with Gasteiger partial charge in [-0.1, -0.05) is 29.3 Å². The lowest BCUT2D eigenvalue weighted by Crippen LogP contribution is -2.48. The van der Waals surface area contributed by atoms with Crippen LogP contribution in [0.25, 0.3) is 0 Å². The van der Waals surface area contributed by atoms with E-state index in [1.165, 1.54) is 18.2 Å². The zero-order valence-electron chi connectivity index (χ0n) is 17.3. The van der Waals surface area contributed by atoms with Gasteiger partial charge in [0.05, 0.1) is 20.2 Å². The van der Waals surface area contributed by atoms with Gasteiger partial charge in [0, 0.05) is 12.6 Å². The normalized spacial score (nSPS) is 21.5. The van der Waals surface area contributed by atoms with Crippen molar-refractivity contribution < 1.29 is 22.7 Å². The lowest BCUT2D eigenvalue weighted by Gasteiger charge is -2.29. The van der Waals surface area contributed by atoms with E-state index in [0.29, 0.717) is 12.8 Å². The van der Waals surface area contributed by atoms with Gasteiger partial charge < -0.3 is 4.74 Å². The zero-order valence-corrected chi connectivity index (χ0v) is 19.7. The second-order valence-corrected chi connectivity index (χ2v) is 11.6. The fourth-order valence-corrected chi connectivity index (χ4v) is 5.92. The maximum Gasteiger partial charge on any atom is 0.411 e. The molecule has 31 heavy (non-hydrogen) atoms. The summed E-state index contributed by atoms with van der Waals surface area (Å²) in [5.41, 5.74) is -0.844. The number of benzene rings is 1. The summed E-state index contributed by atoms with van der Waals surface area (Å²) in [6.07, 6.45) is 2.27. The third kappa shape index (κ3) is 4.92. The maximum absolute atomic E-state index is 13.3. The van der Waals surface area contributed by atoms with E-state index in [4.69, 9.17) is 27.9 Å². The van der Waals surface area contributed by atoms with E-state index >= 15 is 0 Å². The minimum atomic E-state index is -4.02. The van der Waals surface area contributed by atoms with Crippen LogP contribution < -0.4 is 0 Å².